The number of aryl methyl sites for hydroxylation is 1. The maximum atomic E-state index is 4.44. The molecule has 19 heavy (non-hydrogen) atoms. The Hall–Kier alpha value is -2.16. The highest BCUT2D eigenvalue weighted by atomic mass is 32.2. The lowest BCUT2D eigenvalue weighted by Gasteiger charge is -2.03. The Bertz CT molecular complexity index is 702. The summed E-state index contributed by atoms with van der Waals surface area (Å²) in [4.78, 5) is 20.2. The van der Waals surface area contributed by atoms with Gasteiger partial charge in [-0.05, 0) is 25.6 Å². The van der Waals surface area contributed by atoms with E-state index in [9.17, 15) is 0 Å². The Morgan fingerprint density at radius 2 is 2.21 bits per heavy atom. The third kappa shape index (κ3) is 2.36. The van der Waals surface area contributed by atoms with Gasteiger partial charge in [-0.1, -0.05) is 0 Å². The standard InChI is InChI=1S/C10H12N8S/c1-3-11-9-15-7-6(12-4-13-7)8(16-9)19-10-14-5(2)17-18-10/h4H,3H2,1-2H3,(H,14,17,18)(H2,11,12,13,15,16). The largest absolute Gasteiger partial charge is 0.354 e. The summed E-state index contributed by atoms with van der Waals surface area (Å²) in [5.74, 6) is 1.32. The van der Waals surface area contributed by atoms with Gasteiger partial charge >= 0.3 is 0 Å². The van der Waals surface area contributed by atoms with Gasteiger partial charge in [-0.2, -0.15) is 4.98 Å². The van der Waals surface area contributed by atoms with Gasteiger partial charge in [0.25, 0.3) is 0 Å². The number of anilines is 1. The van der Waals surface area contributed by atoms with Gasteiger partial charge in [0.1, 0.15) is 16.4 Å². The fraction of sp³-hybridized carbons (Fsp3) is 0.300. The molecule has 0 atom stereocenters. The van der Waals surface area contributed by atoms with Crippen LogP contribution in [0, 0.1) is 6.92 Å². The SMILES string of the molecule is CCNc1nc(Sc2n[nH]c(C)n2)c2[nH]cnc2n1. The van der Waals surface area contributed by atoms with Crippen LogP contribution in [0.5, 0.6) is 0 Å². The van der Waals surface area contributed by atoms with Gasteiger partial charge in [-0.25, -0.2) is 15.0 Å². The zero-order valence-corrected chi connectivity index (χ0v) is 11.2. The van der Waals surface area contributed by atoms with E-state index in [-0.39, 0.29) is 0 Å². The molecule has 0 aromatic carbocycles. The molecule has 0 fully saturated rings. The Balaban J connectivity index is 2.02. The lowest BCUT2D eigenvalue weighted by atomic mass is 10.5. The highest BCUT2D eigenvalue weighted by Gasteiger charge is 2.13. The quantitative estimate of drug-likeness (QED) is 0.617. The average molecular weight is 276 g/mol. The Kier molecular flexibility index (Phi) is 3.03. The van der Waals surface area contributed by atoms with E-state index in [2.05, 4.69) is 40.4 Å². The van der Waals surface area contributed by atoms with Crippen LogP contribution >= 0.6 is 11.8 Å². The lowest BCUT2D eigenvalue weighted by Crippen LogP contribution is -2.03. The Morgan fingerprint density at radius 3 is 2.95 bits per heavy atom. The molecule has 0 aliphatic heterocycles. The van der Waals surface area contributed by atoms with E-state index in [4.69, 9.17) is 0 Å². The number of hydrogen-bond donors (Lipinski definition) is 3. The molecule has 3 heterocycles. The van der Waals surface area contributed by atoms with E-state index in [1.807, 2.05) is 13.8 Å². The van der Waals surface area contributed by atoms with Crippen molar-refractivity contribution in [2.45, 2.75) is 24.0 Å². The molecule has 0 amide bonds. The topological polar surface area (TPSA) is 108 Å². The summed E-state index contributed by atoms with van der Waals surface area (Å²) < 4.78 is 0. The molecule has 0 saturated carbocycles. The molecule has 0 aliphatic rings. The number of H-pyrrole nitrogens is 2. The predicted octanol–water partition coefficient (Wildman–Crippen LogP) is 1.36. The summed E-state index contributed by atoms with van der Waals surface area (Å²) in [7, 11) is 0. The van der Waals surface area contributed by atoms with E-state index in [1.165, 1.54) is 11.8 Å². The summed E-state index contributed by atoms with van der Waals surface area (Å²) >= 11 is 1.37. The van der Waals surface area contributed by atoms with Crippen molar-refractivity contribution in [1.82, 2.24) is 35.1 Å². The molecule has 3 aromatic heterocycles. The highest BCUT2D eigenvalue weighted by Crippen LogP contribution is 2.28. The van der Waals surface area contributed by atoms with Gasteiger partial charge in [0.15, 0.2) is 5.65 Å². The summed E-state index contributed by atoms with van der Waals surface area (Å²) in [6.45, 7) is 4.59. The third-order valence-electron chi connectivity index (χ3n) is 2.35. The zero-order chi connectivity index (χ0) is 13.2. The fourth-order valence-corrected chi connectivity index (χ4v) is 2.40. The van der Waals surface area contributed by atoms with Crippen LogP contribution in [0.1, 0.15) is 12.7 Å². The first-order valence-corrected chi connectivity index (χ1v) is 6.59. The molecular weight excluding hydrogens is 264 g/mol. The second-order valence-electron chi connectivity index (χ2n) is 3.79. The van der Waals surface area contributed by atoms with Crippen molar-refractivity contribution in [1.29, 1.82) is 0 Å². The number of aromatic nitrogens is 7. The maximum absolute atomic E-state index is 4.44. The van der Waals surface area contributed by atoms with Gasteiger partial charge in [0.2, 0.25) is 11.1 Å². The number of nitrogens with one attached hydrogen (secondary N) is 3. The van der Waals surface area contributed by atoms with Crippen molar-refractivity contribution < 1.29 is 0 Å². The van der Waals surface area contributed by atoms with E-state index in [0.29, 0.717) is 16.8 Å². The Labute approximate surface area is 112 Å². The van der Waals surface area contributed by atoms with E-state index >= 15 is 0 Å². The normalized spacial score (nSPS) is 11.1. The van der Waals surface area contributed by atoms with Crippen molar-refractivity contribution in [3.63, 3.8) is 0 Å². The van der Waals surface area contributed by atoms with Crippen molar-refractivity contribution in [3.8, 4) is 0 Å². The minimum absolute atomic E-state index is 0.553. The second kappa shape index (κ2) is 4.84. The summed E-state index contributed by atoms with van der Waals surface area (Å²) in [6.07, 6.45) is 1.60. The van der Waals surface area contributed by atoms with E-state index in [0.717, 1.165) is 22.9 Å². The predicted molar refractivity (Wildman–Crippen MR) is 71.1 cm³/mol. The fourth-order valence-electron chi connectivity index (χ4n) is 1.57. The molecule has 8 nitrogen and oxygen atoms in total. The van der Waals surface area contributed by atoms with Crippen LogP contribution in [0.15, 0.2) is 16.5 Å². The molecule has 0 spiro atoms. The van der Waals surface area contributed by atoms with Crippen LogP contribution < -0.4 is 5.32 Å². The molecule has 0 saturated heterocycles. The number of imidazole rings is 1. The number of rotatable bonds is 4. The van der Waals surface area contributed by atoms with Gasteiger partial charge in [0.05, 0.1) is 6.33 Å². The van der Waals surface area contributed by atoms with Crippen LogP contribution in [0.2, 0.25) is 0 Å². The molecule has 3 aromatic rings. The monoisotopic (exact) mass is 276 g/mol. The van der Waals surface area contributed by atoms with Crippen molar-refractivity contribution in [2.24, 2.45) is 0 Å². The lowest BCUT2D eigenvalue weighted by molar-refractivity contribution is 0.962. The first kappa shape index (κ1) is 11.9. The number of hydrogen-bond acceptors (Lipinski definition) is 7. The number of nitrogens with zero attached hydrogens (tertiary/aromatic N) is 5. The molecule has 3 rings (SSSR count). The molecule has 0 radical (unpaired) electrons. The zero-order valence-electron chi connectivity index (χ0n) is 10.4. The van der Waals surface area contributed by atoms with Gasteiger partial charge in [-0.3, -0.25) is 5.10 Å². The smallest absolute Gasteiger partial charge is 0.225 e. The minimum Gasteiger partial charge on any atom is -0.354 e. The van der Waals surface area contributed by atoms with Crippen LogP contribution in [-0.2, 0) is 0 Å². The van der Waals surface area contributed by atoms with Gasteiger partial charge < -0.3 is 10.3 Å². The van der Waals surface area contributed by atoms with E-state index in [1.54, 1.807) is 6.33 Å². The second-order valence-corrected chi connectivity index (χ2v) is 4.75. The van der Waals surface area contributed by atoms with Crippen LogP contribution in [0.4, 0.5) is 5.95 Å². The van der Waals surface area contributed by atoms with Crippen LogP contribution in [0.25, 0.3) is 11.2 Å². The van der Waals surface area contributed by atoms with E-state index < -0.39 is 0 Å². The number of aromatic amines is 2. The number of fused-ring (bicyclic) bond motifs is 1. The third-order valence-corrected chi connectivity index (χ3v) is 3.21. The summed E-state index contributed by atoms with van der Waals surface area (Å²) in [5, 5.41) is 11.3. The molecule has 0 unspecified atom stereocenters. The molecule has 98 valence electrons. The first-order valence-electron chi connectivity index (χ1n) is 5.78. The molecule has 3 N–H and O–H groups in total. The molecule has 0 bridgehead atoms. The molecule has 9 heteroatoms. The van der Waals surface area contributed by atoms with Crippen molar-refractivity contribution >= 4 is 28.9 Å². The first-order chi connectivity index (χ1) is 9.26. The maximum Gasteiger partial charge on any atom is 0.225 e. The van der Waals surface area contributed by atoms with Gasteiger partial charge in [-0.15, -0.1) is 5.10 Å². The van der Waals surface area contributed by atoms with Crippen molar-refractivity contribution in [3.05, 3.63) is 12.2 Å². The summed E-state index contributed by atoms with van der Waals surface area (Å²) in [5.41, 5.74) is 1.41. The van der Waals surface area contributed by atoms with Crippen molar-refractivity contribution in [2.75, 3.05) is 11.9 Å². The van der Waals surface area contributed by atoms with Crippen LogP contribution in [0.3, 0.4) is 0 Å². The highest BCUT2D eigenvalue weighted by molar-refractivity contribution is 7.99. The van der Waals surface area contributed by atoms with Crippen LogP contribution in [-0.4, -0.2) is 41.7 Å². The molecule has 0 aliphatic carbocycles. The minimum atomic E-state index is 0.553. The van der Waals surface area contributed by atoms with Gasteiger partial charge in [0, 0.05) is 6.54 Å². The summed E-state index contributed by atoms with van der Waals surface area (Å²) in [6, 6.07) is 0. The average Bonchev–Trinajstić information content (AvgIpc) is 2.99. The molecular formula is C10H12N8S. The Morgan fingerprint density at radius 1 is 1.32 bits per heavy atom.